The Morgan fingerprint density at radius 3 is 2.56 bits per heavy atom. The number of carbonyl (C=O) groups is 1. The third-order valence-corrected chi connectivity index (χ3v) is 2.30. The van der Waals surface area contributed by atoms with Crippen LogP contribution in [0.15, 0.2) is 18.2 Å². The number of hydrogen-bond acceptors (Lipinski definition) is 4. The van der Waals surface area contributed by atoms with E-state index in [-0.39, 0.29) is 11.3 Å². The summed E-state index contributed by atoms with van der Waals surface area (Å²) in [5.74, 6) is -1.29. The van der Waals surface area contributed by atoms with Gasteiger partial charge in [0, 0.05) is 10.6 Å². The lowest BCUT2D eigenvalue weighted by molar-refractivity contribution is -0.153. The first-order chi connectivity index (χ1) is 7.47. The summed E-state index contributed by atoms with van der Waals surface area (Å²) in [6, 6.07) is 4.30. The molecule has 16 heavy (non-hydrogen) atoms. The lowest BCUT2D eigenvalue weighted by atomic mass is 10.0. The summed E-state index contributed by atoms with van der Waals surface area (Å²) < 4.78 is 4.93. The normalized spacial score (nSPS) is 14.2. The molecule has 0 aromatic heterocycles. The molecule has 0 saturated carbocycles. The molecule has 1 aromatic rings. The molecule has 0 aliphatic heterocycles. The van der Waals surface area contributed by atoms with Crippen LogP contribution >= 0.6 is 11.6 Å². The van der Waals surface area contributed by atoms with E-state index in [0.29, 0.717) is 5.02 Å². The molecule has 3 N–H and O–H groups in total. The molecular formula is C10H11ClO5. The minimum absolute atomic E-state index is 0.168. The van der Waals surface area contributed by atoms with Crippen molar-refractivity contribution >= 4 is 17.6 Å². The molecule has 5 nitrogen and oxygen atoms in total. The number of aliphatic hydroxyl groups is 2. The van der Waals surface area contributed by atoms with Gasteiger partial charge in [-0.25, -0.2) is 4.79 Å². The Balaban J connectivity index is 3.07. The van der Waals surface area contributed by atoms with Gasteiger partial charge >= 0.3 is 5.97 Å². The highest BCUT2D eigenvalue weighted by Crippen LogP contribution is 2.30. The molecule has 2 atom stereocenters. The highest BCUT2D eigenvalue weighted by atomic mass is 35.5. The average Bonchev–Trinajstić information content (AvgIpc) is 2.26. The monoisotopic (exact) mass is 246 g/mol. The van der Waals surface area contributed by atoms with E-state index in [1.807, 2.05) is 0 Å². The van der Waals surface area contributed by atoms with Gasteiger partial charge in [-0.05, 0) is 12.1 Å². The number of ether oxygens (including phenoxy) is 1. The number of halogens is 1. The fraction of sp³-hybridized carbons (Fsp3) is 0.300. The number of aliphatic hydroxyl groups excluding tert-OH is 2. The van der Waals surface area contributed by atoms with Crippen LogP contribution < -0.4 is 4.74 Å². The van der Waals surface area contributed by atoms with Crippen molar-refractivity contribution in [2.75, 3.05) is 7.11 Å². The van der Waals surface area contributed by atoms with Crippen molar-refractivity contribution in [3.05, 3.63) is 28.8 Å². The van der Waals surface area contributed by atoms with Gasteiger partial charge in [0.15, 0.2) is 6.10 Å². The third kappa shape index (κ3) is 2.63. The summed E-state index contributed by atoms with van der Waals surface area (Å²) in [7, 11) is 1.36. The van der Waals surface area contributed by atoms with E-state index in [2.05, 4.69) is 0 Å². The van der Waals surface area contributed by atoms with Crippen LogP contribution in [-0.4, -0.2) is 34.5 Å². The Labute approximate surface area is 96.9 Å². The fourth-order valence-electron chi connectivity index (χ4n) is 1.23. The molecular weight excluding hydrogens is 236 g/mol. The van der Waals surface area contributed by atoms with Crippen molar-refractivity contribution in [3.63, 3.8) is 0 Å². The van der Waals surface area contributed by atoms with Gasteiger partial charge in [-0.2, -0.15) is 0 Å². The van der Waals surface area contributed by atoms with E-state index in [4.69, 9.17) is 21.4 Å². The van der Waals surface area contributed by atoms with Crippen LogP contribution in [0.1, 0.15) is 11.7 Å². The Bertz CT molecular complexity index is 393. The molecule has 0 amide bonds. The number of benzene rings is 1. The molecule has 0 fully saturated rings. The molecule has 0 saturated heterocycles. The molecule has 88 valence electrons. The number of hydrogen-bond donors (Lipinski definition) is 3. The zero-order valence-corrected chi connectivity index (χ0v) is 9.18. The molecule has 0 aliphatic carbocycles. The second-order valence-corrected chi connectivity index (χ2v) is 3.55. The number of aliphatic carboxylic acids is 1. The highest BCUT2D eigenvalue weighted by Gasteiger charge is 2.27. The van der Waals surface area contributed by atoms with Gasteiger partial charge in [0.2, 0.25) is 0 Å². The molecule has 0 aliphatic rings. The summed E-state index contributed by atoms with van der Waals surface area (Å²) in [6.07, 6.45) is -3.47. The van der Waals surface area contributed by atoms with Crippen LogP contribution in [-0.2, 0) is 4.79 Å². The van der Waals surface area contributed by atoms with E-state index in [9.17, 15) is 15.0 Å². The number of methoxy groups -OCH3 is 1. The van der Waals surface area contributed by atoms with Crippen LogP contribution in [0.5, 0.6) is 5.75 Å². The third-order valence-electron chi connectivity index (χ3n) is 2.07. The molecule has 0 heterocycles. The Morgan fingerprint density at radius 1 is 1.44 bits per heavy atom. The van der Waals surface area contributed by atoms with E-state index < -0.39 is 18.2 Å². The minimum Gasteiger partial charge on any atom is -0.496 e. The van der Waals surface area contributed by atoms with Gasteiger partial charge in [0.1, 0.15) is 11.9 Å². The maximum Gasteiger partial charge on any atom is 0.335 e. The van der Waals surface area contributed by atoms with Gasteiger partial charge in [-0.1, -0.05) is 17.7 Å². The topological polar surface area (TPSA) is 87.0 Å². The quantitative estimate of drug-likeness (QED) is 0.732. The van der Waals surface area contributed by atoms with Crippen molar-refractivity contribution in [1.82, 2.24) is 0 Å². The van der Waals surface area contributed by atoms with E-state index >= 15 is 0 Å². The van der Waals surface area contributed by atoms with Gasteiger partial charge < -0.3 is 20.1 Å². The van der Waals surface area contributed by atoms with Crippen LogP contribution in [0, 0.1) is 0 Å². The molecule has 0 bridgehead atoms. The van der Waals surface area contributed by atoms with Gasteiger partial charge in [0.05, 0.1) is 7.11 Å². The predicted molar refractivity (Wildman–Crippen MR) is 56.6 cm³/mol. The van der Waals surface area contributed by atoms with Gasteiger partial charge in [-0.3, -0.25) is 0 Å². The second-order valence-electron chi connectivity index (χ2n) is 3.11. The first kappa shape index (κ1) is 12.8. The number of carboxylic acids is 1. The second kappa shape index (κ2) is 5.16. The zero-order chi connectivity index (χ0) is 12.3. The summed E-state index contributed by atoms with van der Waals surface area (Å²) in [5, 5.41) is 27.7. The first-order valence-electron chi connectivity index (χ1n) is 4.39. The predicted octanol–water partition coefficient (Wildman–Crippen LogP) is 0.827. The molecule has 6 heteroatoms. The SMILES string of the molecule is COc1cc(Cl)ccc1C(O)C(O)C(=O)O. The summed E-state index contributed by atoms with van der Waals surface area (Å²) >= 11 is 5.70. The van der Waals surface area contributed by atoms with Crippen molar-refractivity contribution in [2.45, 2.75) is 12.2 Å². The van der Waals surface area contributed by atoms with Crippen molar-refractivity contribution in [1.29, 1.82) is 0 Å². The smallest absolute Gasteiger partial charge is 0.335 e. The lowest BCUT2D eigenvalue weighted by Gasteiger charge is -2.17. The van der Waals surface area contributed by atoms with Crippen molar-refractivity contribution in [2.24, 2.45) is 0 Å². The largest absolute Gasteiger partial charge is 0.496 e. The van der Waals surface area contributed by atoms with Crippen LogP contribution in [0.4, 0.5) is 0 Å². The first-order valence-corrected chi connectivity index (χ1v) is 4.77. The fourth-order valence-corrected chi connectivity index (χ4v) is 1.40. The summed E-state index contributed by atoms with van der Waals surface area (Å²) in [4.78, 5) is 10.5. The van der Waals surface area contributed by atoms with E-state index in [1.54, 1.807) is 0 Å². The Hall–Kier alpha value is -1.30. The zero-order valence-electron chi connectivity index (χ0n) is 8.42. The number of carboxylic acid groups (broad SMARTS) is 1. The van der Waals surface area contributed by atoms with E-state index in [0.717, 1.165) is 0 Å². The van der Waals surface area contributed by atoms with Crippen LogP contribution in [0.3, 0.4) is 0 Å². The summed E-state index contributed by atoms with van der Waals surface area (Å²) in [5.41, 5.74) is 0.168. The molecule has 1 aromatic carbocycles. The van der Waals surface area contributed by atoms with Gasteiger partial charge in [0.25, 0.3) is 0 Å². The van der Waals surface area contributed by atoms with E-state index in [1.165, 1.54) is 25.3 Å². The van der Waals surface area contributed by atoms with Crippen LogP contribution in [0.2, 0.25) is 5.02 Å². The maximum atomic E-state index is 10.5. The Morgan fingerprint density at radius 2 is 2.06 bits per heavy atom. The van der Waals surface area contributed by atoms with Gasteiger partial charge in [-0.15, -0.1) is 0 Å². The van der Waals surface area contributed by atoms with Crippen LogP contribution in [0.25, 0.3) is 0 Å². The lowest BCUT2D eigenvalue weighted by Crippen LogP contribution is -2.27. The number of rotatable bonds is 4. The summed E-state index contributed by atoms with van der Waals surface area (Å²) in [6.45, 7) is 0. The minimum atomic E-state index is -1.91. The average molecular weight is 247 g/mol. The molecule has 0 spiro atoms. The van der Waals surface area contributed by atoms with Crippen molar-refractivity contribution < 1.29 is 24.9 Å². The van der Waals surface area contributed by atoms with Crippen molar-refractivity contribution in [3.8, 4) is 5.75 Å². The highest BCUT2D eigenvalue weighted by molar-refractivity contribution is 6.30. The molecule has 0 radical (unpaired) electrons. The maximum absolute atomic E-state index is 10.5. The molecule has 2 unspecified atom stereocenters. The Kier molecular flexibility index (Phi) is 4.12. The molecule has 1 rings (SSSR count). The standard InChI is InChI=1S/C10H11ClO5/c1-16-7-4-5(11)2-3-6(7)8(12)9(13)10(14)15/h2-4,8-9,12-13H,1H3,(H,14,15).